The quantitative estimate of drug-likeness (QED) is 0.171. The number of hydrogen-bond acceptors (Lipinski definition) is 3. The van der Waals surface area contributed by atoms with Crippen molar-refractivity contribution in [2.24, 2.45) is 0 Å². The Kier molecular flexibility index (Phi) is 8.00. The maximum Gasteiger partial charge on any atom is 0.136 e. The molecule has 0 saturated carbocycles. The van der Waals surface area contributed by atoms with Crippen molar-refractivity contribution in [2.45, 2.75) is 0 Å². The molecular weight excluding hydrogens is 693 g/mol. The average Bonchev–Trinajstić information content (AvgIpc) is 3.45. The van der Waals surface area contributed by atoms with Crippen molar-refractivity contribution in [3.05, 3.63) is 158 Å². The number of rotatable bonds is 3. The molecule has 8 rings (SSSR count). The molecule has 0 atom stereocenters. The monoisotopic (exact) mass is 717 g/mol. The molecule has 0 N–H and O–H groups in total. The minimum absolute atomic E-state index is 0. The first-order valence-electron chi connectivity index (χ1n) is 13.5. The van der Waals surface area contributed by atoms with Crippen LogP contribution in [0.4, 0.5) is 0 Å². The van der Waals surface area contributed by atoms with E-state index in [4.69, 9.17) is 4.42 Å². The van der Waals surface area contributed by atoms with Gasteiger partial charge in [-0.3, -0.25) is 0 Å². The van der Waals surface area contributed by atoms with E-state index in [1.165, 1.54) is 21.7 Å². The van der Waals surface area contributed by atoms with Crippen LogP contribution in [0.25, 0.3) is 66.4 Å². The largest absolute Gasteiger partial charge is 0.456 e. The molecule has 8 aromatic rings. The summed E-state index contributed by atoms with van der Waals surface area (Å²) < 4.78 is 6.06. The van der Waals surface area contributed by atoms with Gasteiger partial charge in [0, 0.05) is 43.3 Å². The van der Waals surface area contributed by atoms with Gasteiger partial charge in [0.05, 0.1) is 0 Å². The molecule has 0 aliphatic rings. The zero-order chi connectivity index (χ0) is 27.4. The van der Waals surface area contributed by atoms with Gasteiger partial charge in [0.1, 0.15) is 11.2 Å². The molecule has 203 valence electrons. The molecule has 3 aromatic heterocycles. The number of fused-ring (bicyclic) bond motifs is 5. The van der Waals surface area contributed by atoms with E-state index in [2.05, 4.69) is 82.8 Å². The summed E-state index contributed by atoms with van der Waals surface area (Å²) in [6.07, 6.45) is 3.60. The summed E-state index contributed by atoms with van der Waals surface area (Å²) in [6, 6.07) is 51.3. The van der Waals surface area contributed by atoms with Crippen LogP contribution in [0.1, 0.15) is 0 Å². The van der Waals surface area contributed by atoms with Gasteiger partial charge in [0.25, 0.3) is 0 Å². The van der Waals surface area contributed by atoms with Crippen LogP contribution in [-0.2, 0) is 20.1 Å². The van der Waals surface area contributed by atoms with Crippen LogP contribution in [-0.4, -0.2) is 9.97 Å². The second kappa shape index (κ2) is 12.3. The summed E-state index contributed by atoms with van der Waals surface area (Å²) in [5.74, 6) is 0. The van der Waals surface area contributed by atoms with E-state index in [1.807, 2.05) is 79.0 Å². The fourth-order valence-corrected chi connectivity index (χ4v) is 5.18. The zero-order valence-corrected chi connectivity index (χ0v) is 24.9. The summed E-state index contributed by atoms with van der Waals surface area (Å²) >= 11 is 0. The molecule has 4 heteroatoms. The average molecular weight is 717 g/mol. The van der Waals surface area contributed by atoms with Crippen LogP contribution >= 0.6 is 0 Å². The fourth-order valence-electron chi connectivity index (χ4n) is 5.18. The van der Waals surface area contributed by atoms with E-state index in [0.29, 0.717) is 0 Å². The Bertz CT molecular complexity index is 2030. The molecule has 0 bridgehead atoms. The van der Waals surface area contributed by atoms with Crippen LogP contribution in [0, 0.1) is 12.1 Å². The smallest absolute Gasteiger partial charge is 0.136 e. The zero-order valence-electron chi connectivity index (χ0n) is 22.5. The molecule has 3 heterocycles. The van der Waals surface area contributed by atoms with E-state index in [0.717, 1.165) is 44.6 Å². The number of aromatic nitrogens is 2. The summed E-state index contributed by atoms with van der Waals surface area (Å²) in [6.45, 7) is 0. The third-order valence-electron chi connectivity index (χ3n) is 7.11. The van der Waals surface area contributed by atoms with Crippen molar-refractivity contribution in [2.75, 3.05) is 0 Å². The van der Waals surface area contributed by atoms with Gasteiger partial charge in [-0.05, 0) is 46.4 Å². The molecule has 0 fully saturated rings. The number of benzene rings is 5. The van der Waals surface area contributed by atoms with Crippen molar-refractivity contribution >= 4 is 32.7 Å². The van der Waals surface area contributed by atoms with E-state index >= 15 is 0 Å². The van der Waals surface area contributed by atoms with Crippen molar-refractivity contribution in [1.82, 2.24) is 9.97 Å². The van der Waals surface area contributed by atoms with Crippen molar-refractivity contribution in [3.63, 3.8) is 0 Å². The van der Waals surface area contributed by atoms with E-state index in [9.17, 15) is 0 Å². The van der Waals surface area contributed by atoms with Gasteiger partial charge in [0.15, 0.2) is 0 Å². The standard InChI is InChI=1S/C27H16NO.C11H8N.Ir/c1-2-10-25-23(6-1)27-22-8-5-7-20(21(22)15-16-26(27)29-25)18-11-13-19(14-12-18)24-9-3-4-17-28-24;1-2-6-10(7-3-1)11-8-4-5-9-12-11;/h1-13,15-17H;1-6,8-9H;/q2*-1;. The predicted octanol–water partition coefficient (Wildman–Crippen LogP) is 9.81. The number of nitrogens with zero attached hydrogens (tertiary/aromatic N) is 2. The first kappa shape index (κ1) is 27.3. The van der Waals surface area contributed by atoms with Gasteiger partial charge in [-0.1, -0.05) is 77.9 Å². The van der Waals surface area contributed by atoms with Crippen LogP contribution < -0.4 is 0 Å². The van der Waals surface area contributed by atoms with Gasteiger partial charge in [-0.15, -0.1) is 65.7 Å². The molecule has 5 aromatic carbocycles. The van der Waals surface area contributed by atoms with Crippen LogP contribution in [0.15, 0.2) is 150 Å². The predicted molar refractivity (Wildman–Crippen MR) is 167 cm³/mol. The topological polar surface area (TPSA) is 38.9 Å². The van der Waals surface area contributed by atoms with E-state index < -0.39 is 0 Å². The van der Waals surface area contributed by atoms with Crippen LogP contribution in [0.2, 0.25) is 0 Å². The number of para-hydroxylation sites is 1. The Balaban J connectivity index is 0.000000205. The van der Waals surface area contributed by atoms with Gasteiger partial charge in [-0.25, -0.2) is 0 Å². The Morgan fingerprint density at radius 3 is 1.90 bits per heavy atom. The molecule has 0 aliphatic heterocycles. The van der Waals surface area contributed by atoms with Crippen LogP contribution in [0.3, 0.4) is 0 Å². The van der Waals surface area contributed by atoms with Crippen LogP contribution in [0.5, 0.6) is 0 Å². The normalized spacial score (nSPS) is 10.7. The molecule has 42 heavy (non-hydrogen) atoms. The van der Waals surface area contributed by atoms with Gasteiger partial charge in [0.2, 0.25) is 0 Å². The number of hydrogen-bond donors (Lipinski definition) is 0. The molecule has 0 unspecified atom stereocenters. The summed E-state index contributed by atoms with van der Waals surface area (Å²) in [7, 11) is 0. The van der Waals surface area contributed by atoms with Crippen molar-refractivity contribution in [1.29, 1.82) is 0 Å². The third-order valence-corrected chi connectivity index (χ3v) is 7.11. The first-order valence-corrected chi connectivity index (χ1v) is 13.5. The molecule has 0 saturated heterocycles. The molecular formula is C38H24IrN2O-2. The summed E-state index contributed by atoms with van der Waals surface area (Å²) in [5, 5.41) is 4.75. The van der Waals surface area contributed by atoms with Crippen molar-refractivity contribution < 1.29 is 24.5 Å². The SMILES string of the molecule is [Ir].[c-]1cc(-c2cccc3c2ccc2oc4ccccc4c23)ccc1-c1ccccn1.[c-]1ccccc1-c1ccccn1. The second-order valence-corrected chi connectivity index (χ2v) is 9.63. The molecule has 0 aliphatic carbocycles. The maximum atomic E-state index is 6.06. The molecule has 0 spiro atoms. The molecule has 1 radical (unpaired) electrons. The first-order chi connectivity index (χ1) is 20.3. The minimum atomic E-state index is 0. The Morgan fingerprint density at radius 1 is 0.500 bits per heavy atom. The number of furan rings is 1. The maximum absolute atomic E-state index is 6.06. The van der Waals surface area contributed by atoms with E-state index in [-0.39, 0.29) is 20.1 Å². The number of pyridine rings is 2. The Morgan fingerprint density at radius 2 is 1.21 bits per heavy atom. The third kappa shape index (κ3) is 5.38. The summed E-state index contributed by atoms with van der Waals surface area (Å²) in [5.41, 5.74) is 8.12. The van der Waals surface area contributed by atoms with E-state index in [1.54, 1.807) is 6.20 Å². The minimum Gasteiger partial charge on any atom is -0.456 e. The van der Waals surface area contributed by atoms with Gasteiger partial charge in [-0.2, -0.15) is 0 Å². The molecule has 3 nitrogen and oxygen atoms in total. The summed E-state index contributed by atoms with van der Waals surface area (Å²) in [4.78, 5) is 8.63. The Hall–Kier alpha value is -4.89. The molecule has 0 amide bonds. The van der Waals surface area contributed by atoms with Gasteiger partial charge < -0.3 is 14.4 Å². The van der Waals surface area contributed by atoms with Crippen molar-refractivity contribution in [3.8, 4) is 33.6 Å². The second-order valence-electron chi connectivity index (χ2n) is 9.63. The fraction of sp³-hybridized carbons (Fsp3) is 0. The van der Waals surface area contributed by atoms with Gasteiger partial charge >= 0.3 is 0 Å². The Labute approximate surface area is 257 Å².